The molecule has 0 aliphatic carbocycles. The van der Waals surface area contributed by atoms with E-state index in [9.17, 15) is 4.79 Å². The Bertz CT molecular complexity index is 1060. The van der Waals surface area contributed by atoms with Crippen molar-refractivity contribution < 1.29 is 39.5 Å². The number of aliphatic hydroxyl groups excluding tert-OH is 1. The van der Waals surface area contributed by atoms with Gasteiger partial charge in [0.15, 0.2) is 5.78 Å². The van der Waals surface area contributed by atoms with Crippen LogP contribution in [0.25, 0.3) is 22.2 Å². The Morgan fingerprint density at radius 3 is 2.23 bits per heavy atom. The number of hydrogen-bond donors (Lipinski definition) is 1. The summed E-state index contributed by atoms with van der Waals surface area (Å²) in [6, 6.07) is 15.3. The molecule has 0 saturated heterocycles. The zero-order valence-corrected chi connectivity index (χ0v) is 20.4. The number of allylic oxidation sites excluding steroid dienone is 2. The number of nitrogens with zero attached hydrogens (tertiary/aromatic N) is 1. The van der Waals surface area contributed by atoms with Crippen molar-refractivity contribution in [1.82, 2.24) is 4.98 Å². The Morgan fingerprint density at radius 1 is 1.03 bits per heavy atom. The van der Waals surface area contributed by atoms with E-state index >= 15 is 0 Å². The van der Waals surface area contributed by atoms with Gasteiger partial charge in [0.2, 0.25) is 0 Å². The Hall–Kier alpha value is -2.69. The van der Waals surface area contributed by atoms with Crippen LogP contribution in [0, 0.1) is 19.9 Å². The van der Waals surface area contributed by atoms with Gasteiger partial charge in [0.05, 0.1) is 25.5 Å². The molecule has 3 aromatic rings. The minimum Gasteiger partial charge on any atom is -0.516 e. The van der Waals surface area contributed by atoms with Gasteiger partial charge in [-0.1, -0.05) is 24.6 Å². The maximum atomic E-state index is 10.0. The average molecular weight is 585 g/mol. The normalized spacial score (nSPS) is 10.5. The van der Waals surface area contributed by atoms with Crippen LogP contribution in [0.4, 0.5) is 0 Å². The van der Waals surface area contributed by atoms with Crippen LogP contribution in [0.1, 0.15) is 25.0 Å². The van der Waals surface area contributed by atoms with Crippen molar-refractivity contribution in [2.24, 2.45) is 0 Å². The molecule has 1 aromatic heterocycles. The molecule has 0 bridgehead atoms. The molecule has 30 heavy (non-hydrogen) atoms. The van der Waals surface area contributed by atoms with E-state index in [0.717, 1.165) is 44.8 Å². The number of aromatic nitrogens is 1. The largest absolute Gasteiger partial charge is 0.516 e. The Kier molecular flexibility index (Phi) is 9.70. The molecule has 0 aliphatic rings. The third kappa shape index (κ3) is 6.97. The number of rotatable bonds is 4. The molecule has 0 amide bonds. The summed E-state index contributed by atoms with van der Waals surface area (Å²) in [6.45, 7) is 6.91. The number of hydrogen-bond acceptors (Lipinski definition) is 5. The summed E-state index contributed by atoms with van der Waals surface area (Å²) in [4.78, 5) is 14.8. The van der Waals surface area contributed by atoms with Crippen LogP contribution in [0.2, 0.25) is 0 Å². The van der Waals surface area contributed by atoms with Gasteiger partial charge in [0.1, 0.15) is 5.75 Å². The average Bonchev–Trinajstić information content (AvgIpc) is 2.65. The molecule has 0 spiro atoms. The van der Waals surface area contributed by atoms with Crippen molar-refractivity contribution in [2.75, 3.05) is 14.2 Å². The molecule has 6 heteroatoms. The summed E-state index contributed by atoms with van der Waals surface area (Å²) < 4.78 is 10.6. The van der Waals surface area contributed by atoms with Gasteiger partial charge in [0, 0.05) is 37.3 Å². The first-order valence-corrected chi connectivity index (χ1v) is 9.15. The molecule has 0 unspecified atom stereocenters. The summed E-state index contributed by atoms with van der Waals surface area (Å²) in [5.41, 5.74) is 4.96. The molecule has 1 N–H and O–H groups in total. The Labute approximate surface area is 191 Å². The van der Waals surface area contributed by atoms with Gasteiger partial charge in [-0.2, -0.15) is 0 Å². The van der Waals surface area contributed by atoms with E-state index < -0.39 is 0 Å². The topological polar surface area (TPSA) is 68.7 Å². The van der Waals surface area contributed by atoms with Crippen molar-refractivity contribution in [2.45, 2.75) is 27.7 Å². The molecule has 3 rings (SSSR count). The molecular weight excluding hydrogens is 558 g/mol. The number of carbonyl (C=O) groups is 1. The summed E-state index contributed by atoms with van der Waals surface area (Å²) >= 11 is 0. The second kappa shape index (κ2) is 11.5. The number of benzene rings is 2. The second-order valence-electron chi connectivity index (χ2n) is 6.73. The van der Waals surface area contributed by atoms with Crippen LogP contribution in [0.3, 0.4) is 0 Å². The van der Waals surface area contributed by atoms with E-state index in [1.54, 1.807) is 14.2 Å². The summed E-state index contributed by atoms with van der Waals surface area (Å²) in [5.74, 6) is 1.60. The van der Waals surface area contributed by atoms with E-state index in [4.69, 9.17) is 19.6 Å². The van der Waals surface area contributed by atoms with E-state index in [2.05, 4.69) is 19.1 Å². The van der Waals surface area contributed by atoms with Gasteiger partial charge in [-0.05, 0) is 44.7 Å². The quantitative estimate of drug-likeness (QED) is 0.254. The van der Waals surface area contributed by atoms with Crippen LogP contribution in [-0.4, -0.2) is 30.1 Å². The molecule has 1 heterocycles. The minimum atomic E-state index is -0.125. The monoisotopic (exact) mass is 585 g/mol. The number of methoxy groups -OCH3 is 2. The fraction of sp³-hybridized carbons (Fsp3) is 0.250. The summed E-state index contributed by atoms with van der Waals surface area (Å²) in [6.07, 6.45) is 1.17. The van der Waals surface area contributed by atoms with Crippen molar-refractivity contribution in [3.8, 4) is 22.8 Å². The smallest absolute Gasteiger partial charge is 0.155 e. The van der Waals surface area contributed by atoms with Crippen LogP contribution >= 0.6 is 0 Å². The van der Waals surface area contributed by atoms with Crippen LogP contribution in [0.5, 0.6) is 11.5 Å². The maximum absolute atomic E-state index is 10.0. The third-order valence-corrected chi connectivity index (χ3v) is 4.09. The van der Waals surface area contributed by atoms with Gasteiger partial charge in [0.25, 0.3) is 0 Å². The standard InChI is InChI=1S/C19H18NO2.C5H8O2.Ir/c1-12-7-15(11-17(8-12)22-4)19-13(2)9-14-10-16(21-3)5-6-18(14)20-19;1-4(6)3-5(2)7;/h5-6,8-11H,1-4H3;3,6H,1-2H3;/q-1;;/b;4-3-;. The first-order chi connectivity index (χ1) is 13.7. The second-order valence-corrected chi connectivity index (χ2v) is 6.73. The number of ether oxygens (including phenoxy) is 2. The fourth-order valence-electron chi connectivity index (χ4n) is 2.88. The predicted octanol–water partition coefficient (Wildman–Crippen LogP) is 5.37. The number of carbonyl (C=O) groups excluding carboxylic acids is 1. The van der Waals surface area contributed by atoms with Gasteiger partial charge in [-0.25, -0.2) is 0 Å². The third-order valence-electron chi connectivity index (χ3n) is 4.09. The van der Waals surface area contributed by atoms with E-state index in [1.807, 2.05) is 37.3 Å². The number of aliphatic hydroxyl groups is 1. The van der Waals surface area contributed by atoms with Crippen molar-refractivity contribution in [3.63, 3.8) is 0 Å². The van der Waals surface area contributed by atoms with Crippen molar-refractivity contribution >= 4 is 16.7 Å². The van der Waals surface area contributed by atoms with Gasteiger partial charge in [-0.3, -0.25) is 9.78 Å². The fourth-order valence-corrected chi connectivity index (χ4v) is 2.88. The summed E-state index contributed by atoms with van der Waals surface area (Å²) in [7, 11) is 3.34. The molecule has 0 saturated carbocycles. The number of aryl methyl sites for hydroxylation is 2. The molecule has 161 valence electrons. The van der Waals surface area contributed by atoms with E-state index in [0.29, 0.717) is 0 Å². The first-order valence-electron chi connectivity index (χ1n) is 9.15. The van der Waals surface area contributed by atoms with Crippen LogP contribution in [0.15, 0.2) is 48.2 Å². The number of ketones is 1. The molecule has 5 nitrogen and oxygen atoms in total. The zero-order chi connectivity index (χ0) is 21.6. The van der Waals surface area contributed by atoms with Crippen molar-refractivity contribution in [3.05, 3.63) is 65.4 Å². The van der Waals surface area contributed by atoms with Gasteiger partial charge >= 0.3 is 0 Å². The number of pyridine rings is 1. The molecule has 0 aliphatic heterocycles. The van der Waals surface area contributed by atoms with E-state index in [-0.39, 0.29) is 31.6 Å². The number of fused-ring (bicyclic) bond motifs is 1. The first kappa shape index (κ1) is 25.3. The molecule has 2 aromatic carbocycles. The predicted molar refractivity (Wildman–Crippen MR) is 116 cm³/mol. The SMILES string of the molecule is CC(=O)/C=C(/C)O.COc1cc(C)[c-]c(-c2nc3ccc(OC)cc3cc2C)c1.[Ir]. The molecule has 0 atom stereocenters. The maximum Gasteiger partial charge on any atom is 0.155 e. The zero-order valence-electron chi connectivity index (χ0n) is 18.0. The molecule has 1 radical (unpaired) electrons. The van der Waals surface area contributed by atoms with E-state index in [1.165, 1.54) is 19.9 Å². The Balaban J connectivity index is 0.000000489. The van der Waals surface area contributed by atoms with Gasteiger partial charge in [-0.15, -0.1) is 23.3 Å². The van der Waals surface area contributed by atoms with Crippen LogP contribution in [-0.2, 0) is 24.9 Å². The molecular formula is C24H26IrNO4-. The minimum absolute atomic E-state index is 0. The van der Waals surface area contributed by atoms with Crippen LogP contribution < -0.4 is 9.47 Å². The van der Waals surface area contributed by atoms with Crippen molar-refractivity contribution in [1.29, 1.82) is 0 Å². The Morgan fingerprint density at radius 2 is 1.70 bits per heavy atom. The summed E-state index contributed by atoms with van der Waals surface area (Å²) in [5, 5.41) is 9.43. The van der Waals surface area contributed by atoms with Gasteiger partial charge < -0.3 is 14.6 Å². The molecule has 0 fully saturated rings.